The first-order valence-electron chi connectivity index (χ1n) is 11.1. The Labute approximate surface area is 187 Å². The maximum atomic E-state index is 6.02. The number of hydrazine groups is 2. The molecule has 0 unspecified atom stereocenters. The third kappa shape index (κ3) is 4.07. The zero-order valence-corrected chi connectivity index (χ0v) is 18.2. The maximum absolute atomic E-state index is 6.02. The summed E-state index contributed by atoms with van der Waals surface area (Å²) in [6, 6.07) is 19.0. The van der Waals surface area contributed by atoms with E-state index in [-0.39, 0.29) is 0 Å². The molecule has 7 nitrogen and oxygen atoms in total. The van der Waals surface area contributed by atoms with E-state index >= 15 is 0 Å². The Morgan fingerprint density at radius 1 is 1.03 bits per heavy atom. The number of anilines is 3. The number of unbranched alkanes of at least 4 members (excludes halogenated alkanes) is 1. The van der Waals surface area contributed by atoms with E-state index in [1.807, 2.05) is 12.1 Å². The molecular weight excluding hydrogens is 400 g/mol. The zero-order valence-electron chi connectivity index (χ0n) is 18.2. The molecule has 32 heavy (non-hydrogen) atoms. The average molecular weight is 429 g/mol. The quantitative estimate of drug-likeness (QED) is 0.304. The smallest absolute Gasteiger partial charge is 0.169 e. The Bertz CT molecular complexity index is 1250. The Morgan fingerprint density at radius 2 is 1.94 bits per heavy atom. The molecule has 2 aromatic carbocycles. The number of fused-ring (bicyclic) bond motifs is 2. The molecule has 5 N–H and O–H groups in total. The largest absolute Gasteiger partial charge is 0.494 e. The molecule has 1 aliphatic heterocycles. The normalized spacial score (nSPS) is 12.4. The van der Waals surface area contributed by atoms with Crippen LogP contribution in [-0.4, -0.2) is 16.2 Å². The fourth-order valence-corrected chi connectivity index (χ4v) is 4.19. The first kappa shape index (κ1) is 20.2. The molecular formula is C25H28N6O. The molecule has 0 amide bonds. The van der Waals surface area contributed by atoms with Gasteiger partial charge in [0.15, 0.2) is 5.82 Å². The number of pyridine rings is 1. The monoisotopic (exact) mass is 428 g/mol. The number of nitrogens with one attached hydrogen (secondary N) is 3. The van der Waals surface area contributed by atoms with Crippen molar-refractivity contribution in [3.8, 4) is 5.75 Å². The van der Waals surface area contributed by atoms with Gasteiger partial charge in [-0.1, -0.05) is 37.6 Å². The van der Waals surface area contributed by atoms with E-state index in [1.165, 1.54) is 22.0 Å². The average Bonchev–Trinajstić information content (AvgIpc) is 3.42. The molecule has 0 bridgehead atoms. The van der Waals surface area contributed by atoms with Crippen LogP contribution in [-0.2, 0) is 13.0 Å². The molecule has 3 heterocycles. The second kappa shape index (κ2) is 8.80. The van der Waals surface area contributed by atoms with Crippen LogP contribution in [0.3, 0.4) is 0 Å². The van der Waals surface area contributed by atoms with Crippen LogP contribution >= 0.6 is 0 Å². The van der Waals surface area contributed by atoms with Crippen molar-refractivity contribution >= 4 is 28.2 Å². The van der Waals surface area contributed by atoms with E-state index in [2.05, 4.69) is 81.5 Å². The van der Waals surface area contributed by atoms with E-state index in [9.17, 15) is 0 Å². The summed E-state index contributed by atoms with van der Waals surface area (Å²) < 4.78 is 8.17. The third-order valence-electron chi connectivity index (χ3n) is 5.79. The number of nitrogens with two attached hydrogens (primary N) is 1. The molecule has 2 aromatic heterocycles. The Morgan fingerprint density at radius 3 is 2.84 bits per heavy atom. The highest BCUT2D eigenvalue weighted by Gasteiger charge is 2.17. The number of rotatable bonds is 8. The van der Waals surface area contributed by atoms with E-state index in [1.54, 1.807) is 0 Å². The zero-order chi connectivity index (χ0) is 21.9. The minimum atomic E-state index is 0.502. The summed E-state index contributed by atoms with van der Waals surface area (Å²) in [5, 5.41) is 1.24. The van der Waals surface area contributed by atoms with Gasteiger partial charge in [-0.3, -0.25) is 5.43 Å². The van der Waals surface area contributed by atoms with Crippen LogP contribution in [0.25, 0.3) is 10.9 Å². The SMILES string of the molecule is CCCCOc1cccc(Cn2ccc3c(Cc4cc(N)nc5c4NNN5)cccc32)c1. The van der Waals surface area contributed by atoms with E-state index in [0.29, 0.717) is 5.82 Å². The number of nitrogens with zero attached hydrogens (tertiary/aromatic N) is 2. The molecule has 0 aliphatic carbocycles. The van der Waals surface area contributed by atoms with Crippen LogP contribution in [0.2, 0.25) is 0 Å². The lowest BCUT2D eigenvalue weighted by atomic mass is 10.0. The number of nitrogen functional groups attached to an aromatic ring is 1. The molecule has 0 spiro atoms. The molecule has 1 aliphatic rings. The standard InChI is InChI=1S/C25H28N6O/c1-2-3-12-32-20-8-4-6-17(13-20)16-31-11-10-21-18(7-5-9-22(21)31)14-19-15-23(26)27-25-24(19)28-30-29-25/h4-11,13,15,28,30H,2-3,12,14,16H2,1H3,(H3,26,27,29). The summed E-state index contributed by atoms with van der Waals surface area (Å²) in [6.07, 6.45) is 5.12. The van der Waals surface area contributed by atoms with Crippen LogP contribution < -0.4 is 26.9 Å². The van der Waals surface area contributed by atoms with Gasteiger partial charge in [0, 0.05) is 30.1 Å². The molecule has 0 fully saturated rings. The highest BCUT2D eigenvalue weighted by molar-refractivity contribution is 5.85. The minimum absolute atomic E-state index is 0.502. The van der Waals surface area contributed by atoms with Crippen molar-refractivity contribution in [1.82, 2.24) is 15.1 Å². The maximum Gasteiger partial charge on any atom is 0.169 e. The number of aromatic nitrogens is 2. The first-order valence-corrected chi connectivity index (χ1v) is 11.1. The summed E-state index contributed by atoms with van der Waals surface area (Å²) in [5.41, 5.74) is 20.8. The van der Waals surface area contributed by atoms with Crippen molar-refractivity contribution < 1.29 is 4.74 Å². The van der Waals surface area contributed by atoms with Crippen molar-refractivity contribution in [1.29, 1.82) is 0 Å². The van der Waals surface area contributed by atoms with Gasteiger partial charge >= 0.3 is 0 Å². The van der Waals surface area contributed by atoms with Gasteiger partial charge in [-0.15, -0.1) is 5.53 Å². The van der Waals surface area contributed by atoms with Crippen molar-refractivity contribution in [3.05, 3.63) is 77.5 Å². The van der Waals surface area contributed by atoms with Gasteiger partial charge in [-0.2, -0.15) is 0 Å². The van der Waals surface area contributed by atoms with Crippen LogP contribution in [0.5, 0.6) is 5.75 Å². The van der Waals surface area contributed by atoms with Crippen LogP contribution in [0.15, 0.2) is 60.8 Å². The highest BCUT2D eigenvalue weighted by atomic mass is 16.5. The molecule has 7 heteroatoms. The lowest BCUT2D eigenvalue weighted by Gasteiger charge is -2.11. The molecule has 0 saturated carbocycles. The molecule has 0 radical (unpaired) electrons. The van der Waals surface area contributed by atoms with Crippen molar-refractivity contribution in [2.45, 2.75) is 32.7 Å². The predicted molar refractivity (Wildman–Crippen MR) is 130 cm³/mol. The fraction of sp³-hybridized carbons (Fsp3) is 0.240. The molecule has 164 valence electrons. The third-order valence-corrected chi connectivity index (χ3v) is 5.79. The van der Waals surface area contributed by atoms with Crippen LogP contribution in [0, 0.1) is 0 Å². The van der Waals surface area contributed by atoms with Crippen molar-refractivity contribution in [2.24, 2.45) is 0 Å². The molecule has 5 rings (SSSR count). The topological polar surface area (TPSA) is 89.2 Å². The Kier molecular flexibility index (Phi) is 5.56. The van der Waals surface area contributed by atoms with Gasteiger partial charge in [-0.25, -0.2) is 4.98 Å². The molecule has 0 atom stereocenters. The summed E-state index contributed by atoms with van der Waals surface area (Å²) >= 11 is 0. The lowest BCUT2D eigenvalue weighted by molar-refractivity contribution is 0.309. The second-order valence-electron chi connectivity index (χ2n) is 8.12. The number of hydrogen-bond donors (Lipinski definition) is 4. The Hall–Kier alpha value is -3.71. The summed E-state index contributed by atoms with van der Waals surface area (Å²) in [5.74, 6) is 2.17. The van der Waals surface area contributed by atoms with E-state index < -0.39 is 0 Å². The van der Waals surface area contributed by atoms with Gasteiger partial charge in [0.25, 0.3) is 0 Å². The lowest BCUT2D eigenvalue weighted by Crippen LogP contribution is -2.19. The fourth-order valence-electron chi connectivity index (χ4n) is 4.19. The minimum Gasteiger partial charge on any atom is -0.494 e. The van der Waals surface area contributed by atoms with E-state index in [4.69, 9.17) is 10.5 Å². The summed E-state index contributed by atoms with van der Waals surface area (Å²) in [4.78, 5) is 4.33. The molecule has 0 saturated heterocycles. The van der Waals surface area contributed by atoms with Crippen molar-refractivity contribution in [3.63, 3.8) is 0 Å². The van der Waals surface area contributed by atoms with Gasteiger partial charge in [0.2, 0.25) is 0 Å². The van der Waals surface area contributed by atoms with E-state index in [0.717, 1.165) is 55.2 Å². The Balaban J connectivity index is 1.40. The van der Waals surface area contributed by atoms with Crippen LogP contribution in [0.1, 0.15) is 36.5 Å². The number of hydrogen-bond acceptors (Lipinski definition) is 6. The van der Waals surface area contributed by atoms with Crippen LogP contribution in [0.4, 0.5) is 17.3 Å². The second-order valence-corrected chi connectivity index (χ2v) is 8.12. The predicted octanol–water partition coefficient (Wildman–Crippen LogP) is 4.69. The summed E-state index contributed by atoms with van der Waals surface area (Å²) in [6.45, 7) is 3.73. The van der Waals surface area contributed by atoms with Gasteiger partial charge in [-0.05, 0) is 53.4 Å². The van der Waals surface area contributed by atoms with Gasteiger partial charge in [0.05, 0.1) is 12.3 Å². The molecule has 4 aromatic rings. The summed E-state index contributed by atoms with van der Waals surface area (Å²) in [7, 11) is 0. The van der Waals surface area contributed by atoms with Gasteiger partial charge in [0.1, 0.15) is 11.6 Å². The highest BCUT2D eigenvalue weighted by Crippen LogP contribution is 2.32. The number of ether oxygens (including phenoxy) is 1. The van der Waals surface area contributed by atoms with Crippen molar-refractivity contribution in [2.75, 3.05) is 23.2 Å². The number of benzene rings is 2. The van der Waals surface area contributed by atoms with Gasteiger partial charge < -0.3 is 20.5 Å². The first-order chi connectivity index (χ1) is 15.7.